The molecule has 1 rings (SSSR count). The van der Waals surface area contributed by atoms with Crippen LogP contribution >= 0.6 is 0 Å². The van der Waals surface area contributed by atoms with Gasteiger partial charge in [-0.2, -0.15) is 0 Å². The molecule has 0 saturated heterocycles. The molecule has 0 spiro atoms. The number of carbonyl (C=O) groups excluding carboxylic acids is 1. The van der Waals surface area contributed by atoms with Gasteiger partial charge < -0.3 is 21.3 Å². The van der Waals surface area contributed by atoms with Crippen LogP contribution in [-0.2, 0) is 4.79 Å². The maximum Gasteiger partial charge on any atom is 0.224 e. The Kier molecular flexibility index (Phi) is 5.36. The van der Waals surface area contributed by atoms with Crippen molar-refractivity contribution >= 4 is 5.91 Å². The minimum Gasteiger partial charge on any atom is -0.393 e. The molecule has 1 aliphatic carbocycles. The van der Waals surface area contributed by atoms with Crippen molar-refractivity contribution in [3.63, 3.8) is 0 Å². The fourth-order valence-corrected chi connectivity index (χ4v) is 2.13. The molecular formula is C12H24N2O3. The number of nitrogens with one attached hydrogen (secondary N) is 1. The third-order valence-corrected chi connectivity index (χ3v) is 3.39. The average molecular weight is 244 g/mol. The van der Waals surface area contributed by atoms with Crippen molar-refractivity contribution in [3.05, 3.63) is 0 Å². The van der Waals surface area contributed by atoms with Crippen LogP contribution in [0.15, 0.2) is 0 Å². The molecule has 3 atom stereocenters. The van der Waals surface area contributed by atoms with Gasteiger partial charge in [0.2, 0.25) is 5.91 Å². The van der Waals surface area contributed by atoms with E-state index in [1.165, 1.54) is 6.92 Å². The summed E-state index contributed by atoms with van der Waals surface area (Å²) in [4.78, 5) is 11.9. The standard InChI is InChI=1S/C12H24N2O3/c1-12(17,8-15)7-14-11(16)9-5-3-2-4-6-10(9)13/h9-10,15,17H,2-8,13H2,1H3,(H,14,16). The number of hydrogen-bond donors (Lipinski definition) is 4. The molecule has 100 valence electrons. The Labute approximate surface area is 102 Å². The van der Waals surface area contributed by atoms with E-state index in [0.717, 1.165) is 32.1 Å². The largest absolute Gasteiger partial charge is 0.393 e. The van der Waals surface area contributed by atoms with E-state index in [2.05, 4.69) is 5.32 Å². The van der Waals surface area contributed by atoms with Crippen LogP contribution in [0.25, 0.3) is 0 Å². The molecule has 0 heterocycles. The number of nitrogens with two attached hydrogens (primary N) is 1. The molecule has 17 heavy (non-hydrogen) atoms. The van der Waals surface area contributed by atoms with Crippen molar-refractivity contribution in [3.8, 4) is 0 Å². The highest BCUT2D eigenvalue weighted by atomic mass is 16.3. The van der Waals surface area contributed by atoms with E-state index in [0.29, 0.717) is 0 Å². The first-order valence-corrected chi connectivity index (χ1v) is 6.33. The first-order valence-electron chi connectivity index (χ1n) is 6.33. The second-order valence-electron chi connectivity index (χ2n) is 5.28. The van der Waals surface area contributed by atoms with E-state index >= 15 is 0 Å². The highest BCUT2D eigenvalue weighted by Crippen LogP contribution is 2.22. The lowest BCUT2D eigenvalue weighted by atomic mass is 9.94. The molecule has 1 fully saturated rings. The van der Waals surface area contributed by atoms with Crippen molar-refractivity contribution in [1.82, 2.24) is 5.32 Å². The first kappa shape index (κ1) is 14.4. The molecule has 0 bridgehead atoms. The lowest BCUT2D eigenvalue weighted by Crippen LogP contribution is -2.48. The molecule has 0 aromatic heterocycles. The molecule has 0 aliphatic heterocycles. The van der Waals surface area contributed by atoms with Crippen molar-refractivity contribution in [2.45, 2.75) is 50.7 Å². The minimum atomic E-state index is -1.26. The Morgan fingerprint density at radius 1 is 1.41 bits per heavy atom. The summed E-state index contributed by atoms with van der Waals surface area (Å²) in [5.74, 6) is -0.264. The highest BCUT2D eigenvalue weighted by Gasteiger charge is 2.28. The zero-order chi connectivity index (χ0) is 12.9. The first-order chi connectivity index (χ1) is 7.96. The summed E-state index contributed by atoms with van der Waals surface area (Å²) in [6, 6.07) is -0.0865. The summed E-state index contributed by atoms with van der Waals surface area (Å²) in [6.45, 7) is 1.18. The molecule has 1 amide bonds. The van der Waals surface area contributed by atoms with Gasteiger partial charge in [0.05, 0.1) is 12.5 Å². The van der Waals surface area contributed by atoms with E-state index in [-0.39, 0.29) is 31.0 Å². The molecule has 5 N–H and O–H groups in total. The van der Waals surface area contributed by atoms with Crippen LogP contribution in [0, 0.1) is 5.92 Å². The van der Waals surface area contributed by atoms with Gasteiger partial charge in [-0.3, -0.25) is 4.79 Å². The fraction of sp³-hybridized carbons (Fsp3) is 0.917. The second-order valence-corrected chi connectivity index (χ2v) is 5.28. The molecule has 0 aromatic rings. The van der Waals surface area contributed by atoms with Crippen molar-refractivity contribution in [2.24, 2.45) is 11.7 Å². The van der Waals surface area contributed by atoms with Crippen LogP contribution in [0.4, 0.5) is 0 Å². The van der Waals surface area contributed by atoms with E-state index in [9.17, 15) is 9.90 Å². The highest BCUT2D eigenvalue weighted by molar-refractivity contribution is 5.79. The monoisotopic (exact) mass is 244 g/mol. The van der Waals surface area contributed by atoms with E-state index in [1.54, 1.807) is 0 Å². The van der Waals surface area contributed by atoms with Crippen molar-refractivity contribution in [1.29, 1.82) is 0 Å². The zero-order valence-corrected chi connectivity index (χ0v) is 10.5. The maximum absolute atomic E-state index is 11.9. The van der Waals surface area contributed by atoms with Gasteiger partial charge in [0.1, 0.15) is 5.60 Å². The van der Waals surface area contributed by atoms with Crippen LogP contribution in [-0.4, -0.2) is 40.9 Å². The summed E-state index contributed by atoms with van der Waals surface area (Å²) < 4.78 is 0. The smallest absolute Gasteiger partial charge is 0.224 e. The Balaban J connectivity index is 2.45. The van der Waals surface area contributed by atoms with Gasteiger partial charge >= 0.3 is 0 Å². The quantitative estimate of drug-likeness (QED) is 0.513. The van der Waals surface area contributed by atoms with E-state index < -0.39 is 5.60 Å². The van der Waals surface area contributed by atoms with E-state index in [4.69, 9.17) is 10.8 Å². The summed E-state index contributed by atoms with van der Waals surface area (Å²) in [5, 5.41) is 21.2. The Morgan fingerprint density at radius 3 is 2.71 bits per heavy atom. The minimum absolute atomic E-state index is 0.0611. The van der Waals surface area contributed by atoms with Crippen molar-refractivity contribution in [2.75, 3.05) is 13.2 Å². The zero-order valence-electron chi connectivity index (χ0n) is 10.5. The second kappa shape index (κ2) is 6.33. The maximum atomic E-state index is 11.9. The SMILES string of the molecule is CC(O)(CO)CNC(=O)C1CCCCCC1N. The molecule has 5 heteroatoms. The van der Waals surface area contributed by atoms with Crippen LogP contribution in [0.1, 0.15) is 39.0 Å². The molecule has 1 aliphatic rings. The van der Waals surface area contributed by atoms with Crippen LogP contribution < -0.4 is 11.1 Å². The van der Waals surface area contributed by atoms with Gasteiger partial charge in [-0.15, -0.1) is 0 Å². The molecular weight excluding hydrogens is 220 g/mol. The summed E-state index contributed by atoms with van der Waals surface area (Å²) in [5.41, 5.74) is 4.72. The third kappa shape index (κ3) is 4.61. The number of amides is 1. The number of carbonyl (C=O) groups is 1. The summed E-state index contributed by atoms with van der Waals surface area (Å²) in [6.07, 6.45) is 4.94. The summed E-state index contributed by atoms with van der Waals surface area (Å²) >= 11 is 0. The lowest BCUT2D eigenvalue weighted by molar-refractivity contribution is -0.127. The number of rotatable bonds is 4. The van der Waals surface area contributed by atoms with Gasteiger partial charge in [0.15, 0.2) is 0 Å². The van der Waals surface area contributed by atoms with E-state index in [1.807, 2.05) is 0 Å². The van der Waals surface area contributed by atoms with Gasteiger partial charge in [-0.1, -0.05) is 19.3 Å². The molecule has 0 aromatic carbocycles. The molecule has 5 nitrogen and oxygen atoms in total. The van der Waals surface area contributed by atoms with Gasteiger partial charge in [0.25, 0.3) is 0 Å². The number of aliphatic hydroxyl groups excluding tert-OH is 1. The predicted molar refractivity (Wildman–Crippen MR) is 65.3 cm³/mol. The van der Waals surface area contributed by atoms with Gasteiger partial charge in [0, 0.05) is 12.6 Å². The Hall–Kier alpha value is -0.650. The number of aliphatic hydroxyl groups is 2. The molecule has 1 saturated carbocycles. The lowest BCUT2D eigenvalue weighted by Gasteiger charge is -2.25. The van der Waals surface area contributed by atoms with Crippen LogP contribution in [0.2, 0.25) is 0 Å². The average Bonchev–Trinajstić information content (AvgIpc) is 2.51. The Morgan fingerprint density at radius 2 is 2.06 bits per heavy atom. The summed E-state index contributed by atoms with van der Waals surface area (Å²) in [7, 11) is 0. The fourth-order valence-electron chi connectivity index (χ4n) is 2.13. The third-order valence-electron chi connectivity index (χ3n) is 3.39. The van der Waals surface area contributed by atoms with Gasteiger partial charge in [-0.25, -0.2) is 0 Å². The molecule has 3 unspecified atom stereocenters. The van der Waals surface area contributed by atoms with Crippen molar-refractivity contribution < 1.29 is 15.0 Å². The van der Waals surface area contributed by atoms with Gasteiger partial charge in [-0.05, 0) is 19.8 Å². The Bertz CT molecular complexity index is 256. The van der Waals surface area contributed by atoms with Crippen LogP contribution in [0.3, 0.4) is 0 Å². The topological polar surface area (TPSA) is 95.6 Å². The normalized spacial score (nSPS) is 29.2. The van der Waals surface area contributed by atoms with Crippen LogP contribution in [0.5, 0.6) is 0 Å². The predicted octanol–water partition coefficient (Wildman–Crippen LogP) is -0.246. The number of hydrogen-bond acceptors (Lipinski definition) is 4. The molecule has 0 radical (unpaired) electrons.